The summed E-state index contributed by atoms with van der Waals surface area (Å²) in [5, 5.41) is 3.32. The van der Waals surface area contributed by atoms with Crippen molar-refractivity contribution in [2.45, 2.75) is 44.2 Å². The molecule has 0 aliphatic heterocycles. The molecule has 0 bridgehead atoms. The van der Waals surface area contributed by atoms with Gasteiger partial charge in [0.1, 0.15) is 0 Å². The van der Waals surface area contributed by atoms with E-state index in [1.165, 1.54) is 32.1 Å². The number of ether oxygens (including phenoxy) is 1. The van der Waals surface area contributed by atoms with Crippen LogP contribution in [0.2, 0.25) is 0 Å². The predicted octanol–water partition coefficient (Wildman–Crippen LogP) is 1.55. The molecule has 1 aliphatic rings. The van der Waals surface area contributed by atoms with E-state index >= 15 is 0 Å². The van der Waals surface area contributed by atoms with Crippen molar-refractivity contribution in [1.82, 2.24) is 5.32 Å². The third-order valence-electron chi connectivity index (χ3n) is 2.63. The van der Waals surface area contributed by atoms with E-state index in [0.29, 0.717) is 12.1 Å². The largest absolute Gasteiger partial charge is 0.380 e. The molecule has 1 rings (SSSR count). The van der Waals surface area contributed by atoms with Gasteiger partial charge in [0.05, 0.1) is 6.10 Å². The Kier molecular flexibility index (Phi) is 3.87. The standard InChI is InChI=1S/C9H19NO/c1-10-8-6-4-3-5-7-9(8)11-2/h8-10H,3-7H2,1-2H3. The molecular weight excluding hydrogens is 138 g/mol. The van der Waals surface area contributed by atoms with Crippen LogP contribution in [0.4, 0.5) is 0 Å². The lowest BCUT2D eigenvalue weighted by molar-refractivity contribution is 0.0657. The van der Waals surface area contributed by atoms with Gasteiger partial charge in [-0.2, -0.15) is 0 Å². The predicted molar refractivity (Wildman–Crippen MR) is 46.7 cm³/mol. The van der Waals surface area contributed by atoms with Gasteiger partial charge in [-0.1, -0.05) is 19.3 Å². The maximum atomic E-state index is 5.41. The number of hydrogen-bond donors (Lipinski definition) is 1. The first-order valence-corrected chi connectivity index (χ1v) is 4.58. The van der Waals surface area contributed by atoms with Gasteiger partial charge in [0.15, 0.2) is 0 Å². The van der Waals surface area contributed by atoms with Crippen LogP contribution >= 0.6 is 0 Å². The zero-order chi connectivity index (χ0) is 8.10. The van der Waals surface area contributed by atoms with Gasteiger partial charge >= 0.3 is 0 Å². The van der Waals surface area contributed by atoms with Crippen molar-refractivity contribution in [3.05, 3.63) is 0 Å². The Morgan fingerprint density at radius 2 is 1.91 bits per heavy atom. The molecule has 0 saturated heterocycles. The first-order chi connectivity index (χ1) is 5.38. The molecule has 1 saturated carbocycles. The first kappa shape index (κ1) is 9.01. The van der Waals surface area contributed by atoms with E-state index in [2.05, 4.69) is 5.32 Å². The van der Waals surface area contributed by atoms with Crippen molar-refractivity contribution in [3.63, 3.8) is 0 Å². The van der Waals surface area contributed by atoms with Crippen molar-refractivity contribution in [3.8, 4) is 0 Å². The molecule has 1 fully saturated rings. The molecule has 0 radical (unpaired) electrons. The number of nitrogens with one attached hydrogen (secondary N) is 1. The highest BCUT2D eigenvalue weighted by molar-refractivity contribution is 4.78. The third-order valence-corrected chi connectivity index (χ3v) is 2.63. The molecule has 2 nitrogen and oxygen atoms in total. The van der Waals surface area contributed by atoms with Crippen molar-refractivity contribution >= 4 is 0 Å². The molecule has 0 aromatic heterocycles. The first-order valence-electron chi connectivity index (χ1n) is 4.58. The van der Waals surface area contributed by atoms with Crippen LogP contribution in [0.5, 0.6) is 0 Å². The Morgan fingerprint density at radius 1 is 1.18 bits per heavy atom. The Hall–Kier alpha value is -0.0800. The monoisotopic (exact) mass is 157 g/mol. The normalized spacial score (nSPS) is 33.3. The van der Waals surface area contributed by atoms with Crippen LogP contribution in [0.15, 0.2) is 0 Å². The summed E-state index contributed by atoms with van der Waals surface area (Å²) in [5.74, 6) is 0. The second-order valence-electron chi connectivity index (χ2n) is 3.31. The van der Waals surface area contributed by atoms with Crippen molar-refractivity contribution < 1.29 is 4.74 Å². The Morgan fingerprint density at radius 3 is 2.55 bits per heavy atom. The van der Waals surface area contributed by atoms with Crippen molar-refractivity contribution in [2.24, 2.45) is 0 Å². The summed E-state index contributed by atoms with van der Waals surface area (Å²) >= 11 is 0. The van der Waals surface area contributed by atoms with Crippen molar-refractivity contribution in [1.29, 1.82) is 0 Å². The minimum atomic E-state index is 0.447. The number of likely N-dealkylation sites (N-methyl/N-ethyl adjacent to an activating group) is 1. The van der Waals surface area contributed by atoms with Crippen molar-refractivity contribution in [2.75, 3.05) is 14.2 Å². The van der Waals surface area contributed by atoms with Gasteiger partial charge in [0, 0.05) is 13.2 Å². The Balaban J connectivity index is 2.41. The fourth-order valence-corrected chi connectivity index (χ4v) is 1.89. The van der Waals surface area contributed by atoms with E-state index < -0.39 is 0 Å². The van der Waals surface area contributed by atoms with Crippen LogP contribution < -0.4 is 5.32 Å². The fraction of sp³-hybridized carbons (Fsp3) is 1.00. The Bertz CT molecular complexity index is 93.7. The van der Waals surface area contributed by atoms with Gasteiger partial charge in [-0.3, -0.25) is 0 Å². The maximum Gasteiger partial charge on any atom is 0.0724 e. The van der Waals surface area contributed by atoms with Crippen LogP contribution in [-0.2, 0) is 4.74 Å². The van der Waals surface area contributed by atoms with Gasteiger partial charge in [-0.15, -0.1) is 0 Å². The van der Waals surface area contributed by atoms with E-state index in [-0.39, 0.29) is 0 Å². The summed E-state index contributed by atoms with van der Waals surface area (Å²) in [6.07, 6.45) is 7.00. The average molecular weight is 157 g/mol. The third kappa shape index (κ3) is 2.46. The molecule has 1 aliphatic carbocycles. The average Bonchev–Trinajstić information content (AvgIpc) is 2.27. The maximum absolute atomic E-state index is 5.41. The zero-order valence-electron chi connectivity index (χ0n) is 7.60. The molecule has 0 spiro atoms. The van der Waals surface area contributed by atoms with Crippen LogP contribution in [0.3, 0.4) is 0 Å². The summed E-state index contributed by atoms with van der Waals surface area (Å²) in [4.78, 5) is 0. The lowest BCUT2D eigenvalue weighted by Gasteiger charge is -2.22. The highest BCUT2D eigenvalue weighted by Gasteiger charge is 2.21. The molecule has 2 unspecified atom stereocenters. The van der Waals surface area contributed by atoms with Crippen LogP contribution in [0, 0.1) is 0 Å². The quantitative estimate of drug-likeness (QED) is 0.614. The highest BCUT2D eigenvalue weighted by atomic mass is 16.5. The van der Waals surface area contributed by atoms with Crippen LogP contribution in [-0.4, -0.2) is 26.3 Å². The molecule has 0 aromatic carbocycles. The van der Waals surface area contributed by atoms with E-state index in [4.69, 9.17) is 4.74 Å². The summed E-state index contributed by atoms with van der Waals surface area (Å²) in [7, 11) is 3.85. The molecule has 2 atom stereocenters. The molecule has 1 N–H and O–H groups in total. The van der Waals surface area contributed by atoms with E-state index in [1.54, 1.807) is 0 Å². The molecule has 0 amide bonds. The highest BCUT2D eigenvalue weighted by Crippen LogP contribution is 2.19. The zero-order valence-corrected chi connectivity index (χ0v) is 7.60. The van der Waals surface area contributed by atoms with E-state index in [0.717, 1.165) is 0 Å². The Labute approximate surface area is 69.3 Å². The second-order valence-corrected chi connectivity index (χ2v) is 3.31. The van der Waals surface area contributed by atoms with E-state index in [9.17, 15) is 0 Å². The van der Waals surface area contributed by atoms with Gasteiger partial charge < -0.3 is 10.1 Å². The smallest absolute Gasteiger partial charge is 0.0724 e. The molecule has 0 heterocycles. The minimum Gasteiger partial charge on any atom is -0.380 e. The second kappa shape index (κ2) is 4.73. The minimum absolute atomic E-state index is 0.447. The SMILES string of the molecule is CNC1CCCCCC1OC. The topological polar surface area (TPSA) is 21.3 Å². The number of rotatable bonds is 2. The number of hydrogen-bond acceptors (Lipinski definition) is 2. The van der Waals surface area contributed by atoms with Gasteiger partial charge in [0.25, 0.3) is 0 Å². The summed E-state index contributed by atoms with van der Waals surface area (Å²) < 4.78 is 5.41. The van der Waals surface area contributed by atoms with Gasteiger partial charge in [0.2, 0.25) is 0 Å². The van der Waals surface area contributed by atoms with Gasteiger partial charge in [-0.25, -0.2) is 0 Å². The summed E-state index contributed by atoms with van der Waals surface area (Å²) in [5.41, 5.74) is 0. The van der Waals surface area contributed by atoms with Gasteiger partial charge in [-0.05, 0) is 19.9 Å². The number of methoxy groups -OCH3 is 1. The molecular formula is C9H19NO. The summed E-state index contributed by atoms with van der Waals surface area (Å²) in [6, 6.07) is 0.586. The summed E-state index contributed by atoms with van der Waals surface area (Å²) in [6.45, 7) is 0. The van der Waals surface area contributed by atoms with E-state index in [1.807, 2.05) is 14.2 Å². The molecule has 11 heavy (non-hydrogen) atoms. The fourth-order valence-electron chi connectivity index (χ4n) is 1.89. The van der Waals surface area contributed by atoms with Crippen LogP contribution in [0.25, 0.3) is 0 Å². The lowest BCUT2D eigenvalue weighted by atomic mass is 10.1. The molecule has 2 heteroatoms. The molecule has 0 aromatic rings. The molecule has 66 valence electrons. The lowest BCUT2D eigenvalue weighted by Crippen LogP contribution is -2.37. The van der Waals surface area contributed by atoms with Crippen LogP contribution in [0.1, 0.15) is 32.1 Å².